The molecule has 0 aromatic heterocycles. The van der Waals surface area contributed by atoms with Crippen LogP contribution in [0, 0.1) is 24.2 Å². The maximum absolute atomic E-state index is 5.95. The largest absolute Gasteiger partial charge is 0.489 e. The summed E-state index contributed by atoms with van der Waals surface area (Å²) in [5.74, 6) is 7.23. The van der Waals surface area contributed by atoms with E-state index in [1.54, 1.807) is 0 Å². The van der Waals surface area contributed by atoms with Crippen molar-refractivity contribution in [2.24, 2.45) is 5.41 Å². The Bertz CT molecular complexity index is 801. The summed E-state index contributed by atoms with van der Waals surface area (Å²) >= 11 is 0. The van der Waals surface area contributed by atoms with Gasteiger partial charge in [-0.2, -0.15) is 0 Å². The number of ether oxygens (including phenoxy) is 1. The normalized spacial score (nSPS) is 11.5. The third kappa shape index (κ3) is 8.62. The molecule has 0 bridgehead atoms. The van der Waals surface area contributed by atoms with Crippen molar-refractivity contribution in [1.82, 2.24) is 4.90 Å². The second-order valence-corrected chi connectivity index (χ2v) is 8.04. The van der Waals surface area contributed by atoms with Crippen molar-refractivity contribution in [3.05, 3.63) is 77.4 Å². The zero-order valence-electron chi connectivity index (χ0n) is 17.3. The van der Waals surface area contributed by atoms with E-state index >= 15 is 0 Å². The van der Waals surface area contributed by atoms with Gasteiger partial charge in [-0.15, -0.1) is 0 Å². The number of benzene rings is 2. The van der Waals surface area contributed by atoms with Crippen LogP contribution in [0.2, 0.25) is 0 Å². The van der Waals surface area contributed by atoms with Crippen molar-refractivity contribution >= 4 is 0 Å². The maximum atomic E-state index is 5.95. The Hall–Kier alpha value is -2.50. The standard InChI is InChI=1S/C25H31NO/c1-21-12-14-22(15-13-21)20-27-24-11-9-10-23(18-24)19-26(5)17-8-6-7-16-25(2,3)4/h6,8-15,18H,17,19-20H2,1-5H3. The summed E-state index contributed by atoms with van der Waals surface area (Å²) in [6.07, 6.45) is 4.05. The van der Waals surface area contributed by atoms with E-state index in [9.17, 15) is 0 Å². The molecule has 0 saturated carbocycles. The Labute approximate surface area is 164 Å². The van der Waals surface area contributed by atoms with Crippen LogP contribution in [-0.2, 0) is 13.2 Å². The lowest BCUT2D eigenvalue weighted by molar-refractivity contribution is 0.304. The fourth-order valence-corrected chi connectivity index (χ4v) is 2.51. The number of allylic oxidation sites excluding steroid dienone is 1. The van der Waals surface area contributed by atoms with E-state index in [1.165, 1.54) is 16.7 Å². The lowest BCUT2D eigenvalue weighted by Crippen LogP contribution is -2.17. The van der Waals surface area contributed by atoms with Crippen LogP contribution < -0.4 is 4.74 Å². The summed E-state index contributed by atoms with van der Waals surface area (Å²) in [4.78, 5) is 2.26. The molecule has 0 spiro atoms. The summed E-state index contributed by atoms with van der Waals surface area (Å²) in [7, 11) is 2.11. The number of aryl methyl sites for hydroxylation is 1. The third-order valence-corrected chi connectivity index (χ3v) is 3.94. The zero-order valence-corrected chi connectivity index (χ0v) is 17.3. The number of nitrogens with zero attached hydrogens (tertiary/aromatic N) is 1. The molecular formula is C25H31NO. The highest BCUT2D eigenvalue weighted by atomic mass is 16.5. The molecule has 0 heterocycles. The Morgan fingerprint density at radius 1 is 1.04 bits per heavy atom. The molecule has 0 amide bonds. The van der Waals surface area contributed by atoms with Gasteiger partial charge in [-0.25, -0.2) is 0 Å². The fourth-order valence-electron chi connectivity index (χ4n) is 2.51. The molecule has 0 N–H and O–H groups in total. The summed E-state index contributed by atoms with van der Waals surface area (Å²) < 4.78 is 5.95. The predicted octanol–water partition coefficient (Wildman–Crippen LogP) is 5.61. The van der Waals surface area contributed by atoms with Crippen molar-refractivity contribution in [2.75, 3.05) is 13.6 Å². The zero-order chi connectivity index (χ0) is 19.7. The lowest BCUT2D eigenvalue weighted by Gasteiger charge is -2.15. The Morgan fingerprint density at radius 3 is 2.48 bits per heavy atom. The average molecular weight is 362 g/mol. The Balaban J connectivity index is 1.84. The number of hydrogen-bond acceptors (Lipinski definition) is 2. The second kappa shape index (κ2) is 10.00. The van der Waals surface area contributed by atoms with Gasteiger partial charge in [0.15, 0.2) is 0 Å². The highest BCUT2D eigenvalue weighted by molar-refractivity contribution is 5.29. The predicted molar refractivity (Wildman–Crippen MR) is 115 cm³/mol. The minimum Gasteiger partial charge on any atom is -0.489 e. The first kappa shape index (κ1) is 20.8. The van der Waals surface area contributed by atoms with E-state index in [0.717, 1.165) is 18.8 Å². The van der Waals surface area contributed by atoms with Crippen LogP contribution in [0.3, 0.4) is 0 Å². The summed E-state index contributed by atoms with van der Waals surface area (Å²) in [5.41, 5.74) is 3.75. The van der Waals surface area contributed by atoms with Gasteiger partial charge in [-0.1, -0.05) is 59.9 Å². The molecule has 0 atom stereocenters. The molecule has 2 rings (SSSR count). The summed E-state index contributed by atoms with van der Waals surface area (Å²) in [6, 6.07) is 16.8. The number of rotatable bonds is 7. The molecule has 0 saturated heterocycles. The van der Waals surface area contributed by atoms with Gasteiger partial charge in [0.2, 0.25) is 0 Å². The minimum absolute atomic E-state index is 0.0509. The van der Waals surface area contributed by atoms with Crippen molar-refractivity contribution in [3.8, 4) is 17.6 Å². The van der Waals surface area contributed by atoms with Gasteiger partial charge in [0, 0.05) is 18.5 Å². The molecule has 0 aliphatic heterocycles. The summed E-state index contributed by atoms with van der Waals surface area (Å²) in [5, 5.41) is 0. The van der Waals surface area contributed by atoms with Crippen LogP contribution in [0.5, 0.6) is 5.75 Å². The second-order valence-electron chi connectivity index (χ2n) is 8.04. The van der Waals surface area contributed by atoms with E-state index < -0.39 is 0 Å². The minimum atomic E-state index is 0.0509. The van der Waals surface area contributed by atoms with Gasteiger partial charge in [0.25, 0.3) is 0 Å². The van der Waals surface area contributed by atoms with Crippen LogP contribution in [0.4, 0.5) is 0 Å². The Kier molecular flexibility index (Phi) is 7.70. The van der Waals surface area contributed by atoms with Gasteiger partial charge >= 0.3 is 0 Å². The van der Waals surface area contributed by atoms with Crippen molar-refractivity contribution in [2.45, 2.75) is 40.8 Å². The molecule has 27 heavy (non-hydrogen) atoms. The molecule has 2 nitrogen and oxygen atoms in total. The van der Waals surface area contributed by atoms with Crippen LogP contribution in [0.15, 0.2) is 60.7 Å². The maximum Gasteiger partial charge on any atom is 0.120 e. The summed E-state index contributed by atoms with van der Waals surface area (Å²) in [6.45, 7) is 10.8. The smallest absolute Gasteiger partial charge is 0.120 e. The number of likely N-dealkylation sites (N-methyl/N-ethyl adjacent to an activating group) is 1. The third-order valence-electron chi connectivity index (χ3n) is 3.94. The first-order chi connectivity index (χ1) is 12.8. The van der Waals surface area contributed by atoms with Crippen molar-refractivity contribution < 1.29 is 4.74 Å². The first-order valence-electron chi connectivity index (χ1n) is 9.45. The van der Waals surface area contributed by atoms with Gasteiger partial charge in [0.05, 0.1) is 0 Å². The van der Waals surface area contributed by atoms with Crippen molar-refractivity contribution in [3.63, 3.8) is 0 Å². The van der Waals surface area contributed by atoms with Gasteiger partial charge in [-0.05, 0) is 64.1 Å². The molecule has 0 fully saturated rings. The molecule has 142 valence electrons. The monoisotopic (exact) mass is 361 g/mol. The van der Waals surface area contributed by atoms with Gasteiger partial charge < -0.3 is 4.74 Å². The van der Waals surface area contributed by atoms with Crippen LogP contribution in [0.1, 0.15) is 37.5 Å². The van der Waals surface area contributed by atoms with E-state index in [4.69, 9.17) is 4.74 Å². The molecule has 0 unspecified atom stereocenters. The SMILES string of the molecule is Cc1ccc(COc2cccc(CN(C)CC=CC#CC(C)(C)C)c2)cc1. The topological polar surface area (TPSA) is 12.5 Å². The quantitative estimate of drug-likeness (QED) is 0.594. The van der Waals surface area contributed by atoms with E-state index in [-0.39, 0.29) is 5.41 Å². The first-order valence-corrected chi connectivity index (χ1v) is 9.45. The molecule has 0 radical (unpaired) electrons. The number of hydrogen-bond donors (Lipinski definition) is 0. The molecule has 2 aromatic rings. The van der Waals surface area contributed by atoms with Crippen LogP contribution >= 0.6 is 0 Å². The van der Waals surface area contributed by atoms with Gasteiger partial charge in [-0.3, -0.25) is 4.90 Å². The fraction of sp³-hybridized carbons (Fsp3) is 0.360. The van der Waals surface area contributed by atoms with Gasteiger partial charge in [0.1, 0.15) is 12.4 Å². The molecular weight excluding hydrogens is 330 g/mol. The van der Waals surface area contributed by atoms with E-state index in [0.29, 0.717) is 6.61 Å². The van der Waals surface area contributed by atoms with E-state index in [1.807, 2.05) is 12.1 Å². The highest BCUT2D eigenvalue weighted by Gasteiger charge is 2.03. The van der Waals surface area contributed by atoms with Crippen LogP contribution in [0.25, 0.3) is 0 Å². The molecule has 0 aliphatic rings. The molecule has 0 aliphatic carbocycles. The lowest BCUT2D eigenvalue weighted by atomic mass is 9.98. The molecule has 2 heteroatoms. The Morgan fingerprint density at radius 2 is 1.78 bits per heavy atom. The average Bonchev–Trinajstić information content (AvgIpc) is 2.60. The van der Waals surface area contributed by atoms with Crippen LogP contribution in [-0.4, -0.2) is 18.5 Å². The highest BCUT2D eigenvalue weighted by Crippen LogP contribution is 2.16. The van der Waals surface area contributed by atoms with E-state index in [2.05, 4.69) is 100 Å². The molecule has 2 aromatic carbocycles. The van der Waals surface area contributed by atoms with Crippen molar-refractivity contribution in [1.29, 1.82) is 0 Å².